The summed E-state index contributed by atoms with van der Waals surface area (Å²) in [7, 11) is 1.39. The number of carbonyl (C=O) groups excluding carboxylic acids is 1. The fraction of sp³-hybridized carbons (Fsp3) is 0.400. The van der Waals surface area contributed by atoms with Gasteiger partial charge in [-0.25, -0.2) is 4.79 Å². The van der Waals surface area contributed by atoms with E-state index in [0.29, 0.717) is 0 Å². The van der Waals surface area contributed by atoms with E-state index in [2.05, 4.69) is 63.6 Å². The lowest BCUT2D eigenvalue weighted by Gasteiger charge is -2.42. The molecule has 2 heteroatoms. The fourth-order valence-electron chi connectivity index (χ4n) is 4.08. The van der Waals surface area contributed by atoms with Crippen LogP contribution in [0.3, 0.4) is 0 Å². The average molecular weight is 363 g/mol. The number of fused-ring (bicyclic) bond motifs is 1. The van der Waals surface area contributed by atoms with Crippen LogP contribution in [0.25, 0.3) is 17.2 Å². The number of hydrogen-bond donors (Lipinski definition) is 0. The van der Waals surface area contributed by atoms with E-state index in [1.807, 2.05) is 12.1 Å². The Morgan fingerprint density at radius 2 is 1.63 bits per heavy atom. The largest absolute Gasteiger partial charge is 0.466 e. The minimum atomic E-state index is -0.339. The van der Waals surface area contributed by atoms with Crippen LogP contribution in [0.1, 0.15) is 62.8 Å². The maximum atomic E-state index is 11.4. The Kier molecular flexibility index (Phi) is 5.03. The third-order valence-electron chi connectivity index (χ3n) is 6.01. The Bertz CT molecular complexity index is 901. The van der Waals surface area contributed by atoms with E-state index in [0.717, 1.165) is 5.56 Å². The van der Waals surface area contributed by atoms with Crippen molar-refractivity contribution in [3.05, 3.63) is 64.7 Å². The van der Waals surface area contributed by atoms with Gasteiger partial charge in [0, 0.05) is 6.08 Å². The quantitative estimate of drug-likeness (QED) is 0.480. The number of hydrogen-bond acceptors (Lipinski definition) is 2. The summed E-state index contributed by atoms with van der Waals surface area (Å²) in [5, 5.41) is 0. The molecule has 3 rings (SSSR count). The fourth-order valence-corrected chi connectivity index (χ4v) is 4.08. The van der Waals surface area contributed by atoms with E-state index in [4.69, 9.17) is 0 Å². The van der Waals surface area contributed by atoms with Gasteiger partial charge in [0.15, 0.2) is 0 Å². The predicted octanol–water partition coefficient (Wildman–Crippen LogP) is 6.20. The molecule has 2 aromatic rings. The number of aryl methyl sites for hydroxylation is 1. The van der Waals surface area contributed by atoms with Crippen molar-refractivity contribution in [2.45, 2.75) is 58.3 Å². The lowest BCUT2D eigenvalue weighted by Crippen LogP contribution is -2.34. The van der Waals surface area contributed by atoms with Crippen molar-refractivity contribution in [2.75, 3.05) is 7.11 Å². The standard InChI is InChI=1S/C25H30O2/c1-17-14-21-22(25(4,5)13-12-24(21,2)3)16-20(17)19-9-7-8-18(15-19)10-11-23(26)27-6/h7-11,14-16H,12-13H2,1-6H3. The topological polar surface area (TPSA) is 26.3 Å². The van der Waals surface area contributed by atoms with E-state index in [1.54, 1.807) is 6.08 Å². The molecule has 27 heavy (non-hydrogen) atoms. The molecule has 0 saturated heterocycles. The van der Waals surface area contributed by atoms with Gasteiger partial charge < -0.3 is 4.74 Å². The molecule has 0 amide bonds. The maximum absolute atomic E-state index is 11.4. The Balaban J connectivity index is 2.09. The van der Waals surface area contributed by atoms with Crippen molar-refractivity contribution in [2.24, 2.45) is 0 Å². The Labute approximate surface area is 163 Å². The van der Waals surface area contributed by atoms with Crippen molar-refractivity contribution >= 4 is 12.0 Å². The number of benzene rings is 2. The van der Waals surface area contributed by atoms with Crippen molar-refractivity contribution < 1.29 is 9.53 Å². The molecule has 1 aliphatic rings. The van der Waals surface area contributed by atoms with Crippen molar-refractivity contribution in [3.8, 4) is 11.1 Å². The first-order valence-electron chi connectivity index (χ1n) is 9.66. The van der Waals surface area contributed by atoms with Gasteiger partial charge in [-0.2, -0.15) is 0 Å². The summed E-state index contributed by atoms with van der Waals surface area (Å²) in [6, 6.07) is 13.1. The molecule has 0 aliphatic heterocycles. The third-order valence-corrected chi connectivity index (χ3v) is 6.01. The van der Waals surface area contributed by atoms with Gasteiger partial charge >= 0.3 is 5.97 Å². The summed E-state index contributed by atoms with van der Waals surface area (Å²) in [4.78, 5) is 11.4. The highest BCUT2D eigenvalue weighted by Gasteiger charge is 2.37. The van der Waals surface area contributed by atoms with Crippen LogP contribution in [0.15, 0.2) is 42.5 Å². The molecule has 0 unspecified atom stereocenters. The van der Waals surface area contributed by atoms with Crippen LogP contribution in [0.2, 0.25) is 0 Å². The van der Waals surface area contributed by atoms with Gasteiger partial charge in [-0.05, 0) is 76.1 Å². The van der Waals surface area contributed by atoms with Gasteiger partial charge in [-0.3, -0.25) is 0 Å². The van der Waals surface area contributed by atoms with Crippen molar-refractivity contribution in [1.82, 2.24) is 0 Å². The molecular formula is C25H30O2. The van der Waals surface area contributed by atoms with E-state index in [9.17, 15) is 4.79 Å². The van der Waals surface area contributed by atoms with Gasteiger partial charge in [0.05, 0.1) is 7.11 Å². The van der Waals surface area contributed by atoms with E-state index >= 15 is 0 Å². The van der Waals surface area contributed by atoms with Crippen LogP contribution in [0, 0.1) is 6.92 Å². The highest BCUT2D eigenvalue weighted by molar-refractivity contribution is 5.87. The Hall–Kier alpha value is -2.35. The lowest BCUT2D eigenvalue weighted by atomic mass is 9.62. The molecule has 0 spiro atoms. The Morgan fingerprint density at radius 1 is 1.00 bits per heavy atom. The summed E-state index contributed by atoms with van der Waals surface area (Å²) in [5.41, 5.74) is 8.11. The van der Waals surface area contributed by atoms with Gasteiger partial charge in [0.2, 0.25) is 0 Å². The molecule has 0 aromatic heterocycles. The van der Waals surface area contributed by atoms with E-state index < -0.39 is 0 Å². The van der Waals surface area contributed by atoms with Crippen LogP contribution in [-0.2, 0) is 20.4 Å². The first-order chi connectivity index (χ1) is 12.6. The molecule has 2 aromatic carbocycles. The number of carbonyl (C=O) groups is 1. The smallest absolute Gasteiger partial charge is 0.330 e. The summed E-state index contributed by atoms with van der Waals surface area (Å²) in [5.74, 6) is -0.339. The summed E-state index contributed by atoms with van der Waals surface area (Å²) < 4.78 is 4.68. The van der Waals surface area contributed by atoms with Crippen LogP contribution < -0.4 is 0 Å². The zero-order chi connectivity index (χ0) is 19.8. The molecule has 2 nitrogen and oxygen atoms in total. The maximum Gasteiger partial charge on any atom is 0.330 e. The van der Waals surface area contributed by atoms with Crippen LogP contribution >= 0.6 is 0 Å². The zero-order valence-electron chi connectivity index (χ0n) is 17.3. The number of rotatable bonds is 3. The average Bonchev–Trinajstić information content (AvgIpc) is 2.63. The molecule has 0 heterocycles. The molecule has 0 fully saturated rings. The Morgan fingerprint density at radius 3 is 2.26 bits per heavy atom. The second-order valence-corrected chi connectivity index (χ2v) is 8.96. The van der Waals surface area contributed by atoms with Gasteiger partial charge in [0.1, 0.15) is 0 Å². The second-order valence-electron chi connectivity index (χ2n) is 8.96. The predicted molar refractivity (Wildman–Crippen MR) is 113 cm³/mol. The van der Waals surface area contributed by atoms with Crippen LogP contribution in [0.4, 0.5) is 0 Å². The molecule has 0 atom stereocenters. The van der Waals surface area contributed by atoms with E-state index in [1.165, 1.54) is 53.8 Å². The minimum absolute atomic E-state index is 0.190. The molecule has 142 valence electrons. The summed E-state index contributed by atoms with van der Waals surface area (Å²) >= 11 is 0. The molecule has 0 saturated carbocycles. The first kappa shape index (κ1) is 19.4. The normalized spacial score (nSPS) is 17.6. The number of esters is 1. The second kappa shape index (κ2) is 6.99. The van der Waals surface area contributed by atoms with E-state index in [-0.39, 0.29) is 16.8 Å². The molecule has 0 radical (unpaired) electrons. The van der Waals surface area contributed by atoms with Crippen molar-refractivity contribution in [1.29, 1.82) is 0 Å². The van der Waals surface area contributed by atoms with Crippen LogP contribution in [-0.4, -0.2) is 13.1 Å². The van der Waals surface area contributed by atoms with Gasteiger partial charge in [-0.1, -0.05) is 58.0 Å². The van der Waals surface area contributed by atoms with Crippen molar-refractivity contribution in [3.63, 3.8) is 0 Å². The number of methoxy groups -OCH3 is 1. The number of ether oxygens (including phenoxy) is 1. The molecule has 1 aliphatic carbocycles. The molecular weight excluding hydrogens is 332 g/mol. The first-order valence-corrected chi connectivity index (χ1v) is 9.66. The highest BCUT2D eigenvalue weighted by Crippen LogP contribution is 2.47. The van der Waals surface area contributed by atoms with Gasteiger partial charge in [-0.15, -0.1) is 0 Å². The van der Waals surface area contributed by atoms with Gasteiger partial charge in [0.25, 0.3) is 0 Å². The monoisotopic (exact) mass is 362 g/mol. The lowest BCUT2D eigenvalue weighted by molar-refractivity contribution is -0.134. The SMILES string of the molecule is COC(=O)C=Cc1cccc(-c2cc3c(cc2C)C(C)(C)CCC3(C)C)c1. The molecule has 0 N–H and O–H groups in total. The molecule has 0 bridgehead atoms. The minimum Gasteiger partial charge on any atom is -0.466 e. The third kappa shape index (κ3) is 3.85. The zero-order valence-corrected chi connectivity index (χ0v) is 17.3. The summed E-state index contributed by atoms with van der Waals surface area (Å²) in [6.07, 6.45) is 5.69. The highest BCUT2D eigenvalue weighted by atomic mass is 16.5. The summed E-state index contributed by atoms with van der Waals surface area (Å²) in [6.45, 7) is 11.6. The van der Waals surface area contributed by atoms with Crippen LogP contribution in [0.5, 0.6) is 0 Å².